The van der Waals surface area contributed by atoms with Gasteiger partial charge in [0.05, 0.1) is 12.2 Å². The van der Waals surface area contributed by atoms with Gasteiger partial charge in [-0.3, -0.25) is 4.79 Å². The minimum absolute atomic E-state index is 0.272. The van der Waals surface area contributed by atoms with Crippen molar-refractivity contribution < 1.29 is 23.9 Å². The topological polar surface area (TPSA) is 81.7 Å². The number of hydrogen-bond donors (Lipinski definition) is 1. The summed E-state index contributed by atoms with van der Waals surface area (Å²) in [6.07, 6.45) is 5.46. The summed E-state index contributed by atoms with van der Waals surface area (Å²) >= 11 is 1.41. The number of fused-ring (bicyclic) bond motifs is 1. The van der Waals surface area contributed by atoms with E-state index in [4.69, 9.17) is 9.47 Å². The van der Waals surface area contributed by atoms with Crippen LogP contribution in [0.3, 0.4) is 0 Å². The maximum absolute atomic E-state index is 12.4. The van der Waals surface area contributed by atoms with Crippen molar-refractivity contribution in [1.82, 2.24) is 0 Å². The third kappa shape index (κ3) is 4.92. The maximum Gasteiger partial charge on any atom is 0.341 e. The molecule has 6 nitrogen and oxygen atoms in total. The van der Waals surface area contributed by atoms with Crippen LogP contribution in [0.25, 0.3) is 0 Å². The van der Waals surface area contributed by atoms with E-state index >= 15 is 0 Å². The van der Waals surface area contributed by atoms with E-state index in [1.807, 2.05) is 0 Å². The molecular formula is C18H23NO5S. The Labute approximate surface area is 151 Å². The number of allylic oxidation sites excluding steroid dienone is 1. The number of hydrogen-bond acceptors (Lipinski definition) is 6. The first-order valence-electron chi connectivity index (χ1n) is 8.37. The van der Waals surface area contributed by atoms with E-state index in [0.29, 0.717) is 16.5 Å². The van der Waals surface area contributed by atoms with Gasteiger partial charge in [0.25, 0.3) is 5.91 Å². The summed E-state index contributed by atoms with van der Waals surface area (Å²) in [4.78, 5) is 36.8. The fourth-order valence-corrected chi connectivity index (χ4v) is 4.16. The Morgan fingerprint density at radius 3 is 2.76 bits per heavy atom. The van der Waals surface area contributed by atoms with Crippen molar-refractivity contribution in [3.8, 4) is 0 Å². The van der Waals surface area contributed by atoms with Crippen LogP contribution in [0.5, 0.6) is 0 Å². The molecule has 1 amide bonds. The molecule has 0 saturated heterocycles. The first-order valence-corrected chi connectivity index (χ1v) is 9.18. The Bertz CT molecular complexity index is 692. The molecule has 0 saturated carbocycles. The van der Waals surface area contributed by atoms with Crippen molar-refractivity contribution in [2.75, 3.05) is 18.5 Å². The van der Waals surface area contributed by atoms with E-state index < -0.39 is 24.5 Å². The third-order valence-electron chi connectivity index (χ3n) is 3.89. The molecule has 0 radical (unpaired) electrons. The van der Waals surface area contributed by atoms with E-state index in [-0.39, 0.29) is 6.61 Å². The third-order valence-corrected chi connectivity index (χ3v) is 5.06. The number of nitrogens with one attached hydrogen (secondary N) is 1. The van der Waals surface area contributed by atoms with Crippen LogP contribution < -0.4 is 5.32 Å². The molecule has 1 atom stereocenters. The van der Waals surface area contributed by atoms with Crippen LogP contribution in [0.2, 0.25) is 0 Å². The molecule has 0 aliphatic heterocycles. The van der Waals surface area contributed by atoms with Crippen molar-refractivity contribution in [2.24, 2.45) is 5.92 Å². The van der Waals surface area contributed by atoms with Gasteiger partial charge in [-0.1, -0.05) is 13.0 Å². The van der Waals surface area contributed by atoms with E-state index in [0.717, 1.165) is 29.7 Å². The van der Waals surface area contributed by atoms with Crippen LogP contribution in [0.4, 0.5) is 5.00 Å². The van der Waals surface area contributed by atoms with Gasteiger partial charge in [-0.25, -0.2) is 9.59 Å². The van der Waals surface area contributed by atoms with Crippen LogP contribution in [-0.2, 0) is 31.9 Å². The quantitative estimate of drug-likeness (QED) is 0.619. The van der Waals surface area contributed by atoms with Crippen molar-refractivity contribution in [2.45, 2.75) is 40.0 Å². The lowest BCUT2D eigenvalue weighted by atomic mass is 9.88. The molecule has 1 N–H and O–H groups in total. The van der Waals surface area contributed by atoms with Crippen LogP contribution in [-0.4, -0.2) is 31.1 Å². The van der Waals surface area contributed by atoms with E-state index in [1.54, 1.807) is 13.8 Å². The lowest BCUT2D eigenvalue weighted by Crippen LogP contribution is -2.21. The number of esters is 2. The van der Waals surface area contributed by atoms with Crippen molar-refractivity contribution in [3.05, 3.63) is 28.2 Å². The molecule has 1 heterocycles. The summed E-state index contributed by atoms with van der Waals surface area (Å²) in [5.74, 6) is -0.931. The number of rotatable bonds is 6. The normalized spacial score (nSPS) is 16.4. The summed E-state index contributed by atoms with van der Waals surface area (Å²) in [5.41, 5.74) is 1.42. The molecule has 136 valence electrons. The van der Waals surface area contributed by atoms with E-state index in [2.05, 4.69) is 12.2 Å². The highest BCUT2D eigenvalue weighted by Crippen LogP contribution is 2.40. The SMILES string of the molecule is C/C=C/C(=O)OCC(=O)Nc1sc2c(c1C(=O)OCC)CCC(C)C2. The molecule has 1 aromatic rings. The molecule has 0 aromatic carbocycles. The molecule has 1 unspecified atom stereocenters. The maximum atomic E-state index is 12.4. The van der Waals surface area contributed by atoms with Gasteiger partial charge in [-0.05, 0) is 44.6 Å². The zero-order chi connectivity index (χ0) is 18.4. The first-order chi connectivity index (χ1) is 12.0. The Morgan fingerprint density at radius 1 is 1.32 bits per heavy atom. The van der Waals surface area contributed by atoms with Gasteiger partial charge < -0.3 is 14.8 Å². The number of carbonyl (C=O) groups excluding carboxylic acids is 3. The zero-order valence-corrected chi connectivity index (χ0v) is 15.5. The summed E-state index contributed by atoms with van der Waals surface area (Å²) < 4.78 is 9.99. The second kappa shape index (κ2) is 8.80. The number of amides is 1. The van der Waals surface area contributed by atoms with E-state index in [9.17, 15) is 14.4 Å². The molecule has 2 rings (SSSR count). The Kier molecular flexibility index (Phi) is 6.75. The molecule has 0 bridgehead atoms. The average Bonchev–Trinajstić information content (AvgIpc) is 2.90. The number of carbonyl (C=O) groups is 3. The average molecular weight is 365 g/mol. The number of ether oxygens (including phenoxy) is 2. The van der Waals surface area contributed by atoms with Gasteiger partial charge in [0, 0.05) is 11.0 Å². The summed E-state index contributed by atoms with van der Waals surface area (Å²) in [6.45, 7) is 5.48. The van der Waals surface area contributed by atoms with Crippen LogP contribution in [0.1, 0.15) is 48.0 Å². The molecule has 25 heavy (non-hydrogen) atoms. The second-order valence-corrected chi connectivity index (χ2v) is 7.04. The minimum atomic E-state index is -0.581. The van der Waals surface area contributed by atoms with Crippen molar-refractivity contribution >= 4 is 34.2 Å². The molecule has 1 aromatic heterocycles. The Hall–Kier alpha value is -2.15. The summed E-state index contributed by atoms with van der Waals surface area (Å²) in [5, 5.41) is 3.17. The fourth-order valence-electron chi connectivity index (χ4n) is 2.74. The lowest BCUT2D eigenvalue weighted by Gasteiger charge is -2.18. The highest BCUT2D eigenvalue weighted by Gasteiger charge is 2.29. The van der Waals surface area contributed by atoms with Crippen molar-refractivity contribution in [3.63, 3.8) is 0 Å². The highest BCUT2D eigenvalue weighted by molar-refractivity contribution is 7.17. The van der Waals surface area contributed by atoms with Gasteiger partial charge in [0.2, 0.25) is 0 Å². The smallest absolute Gasteiger partial charge is 0.341 e. The molecular weight excluding hydrogens is 342 g/mol. The monoisotopic (exact) mass is 365 g/mol. The second-order valence-electron chi connectivity index (χ2n) is 5.93. The Balaban J connectivity index is 2.17. The van der Waals surface area contributed by atoms with Gasteiger partial charge >= 0.3 is 11.9 Å². The summed E-state index contributed by atoms with van der Waals surface area (Å²) in [6, 6.07) is 0. The van der Waals surface area contributed by atoms with E-state index in [1.165, 1.54) is 23.5 Å². The Morgan fingerprint density at radius 2 is 2.08 bits per heavy atom. The molecule has 1 aliphatic carbocycles. The minimum Gasteiger partial charge on any atom is -0.462 e. The van der Waals surface area contributed by atoms with Crippen LogP contribution >= 0.6 is 11.3 Å². The zero-order valence-electron chi connectivity index (χ0n) is 14.7. The van der Waals surface area contributed by atoms with Crippen LogP contribution in [0, 0.1) is 5.92 Å². The van der Waals surface area contributed by atoms with Gasteiger partial charge in [-0.2, -0.15) is 0 Å². The first kappa shape index (κ1) is 19.2. The van der Waals surface area contributed by atoms with Crippen molar-refractivity contribution in [1.29, 1.82) is 0 Å². The largest absolute Gasteiger partial charge is 0.462 e. The highest BCUT2D eigenvalue weighted by atomic mass is 32.1. The molecule has 7 heteroatoms. The standard InChI is InChI=1S/C18H23NO5S/c1-4-6-15(21)24-10-14(20)19-17-16(18(22)23-5-2)12-8-7-11(3)9-13(12)25-17/h4,6,11H,5,7-10H2,1-3H3,(H,19,20)/b6-4+. The van der Waals surface area contributed by atoms with Gasteiger partial charge in [0.1, 0.15) is 5.00 Å². The van der Waals surface area contributed by atoms with Crippen LogP contribution in [0.15, 0.2) is 12.2 Å². The predicted octanol–water partition coefficient (Wildman–Crippen LogP) is 3.11. The van der Waals surface area contributed by atoms with Gasteiger partial charge in [0.15, 0.2) is 6.61 Å². The molecule has 0 fully saturated rings. The molecule has 1 aliphatic rings. The number of thiophene rings is 1. The fraction of sp³-hybridized carbons (Fsp3) is 0.500. The molecule has 0 spiro atoms. The van der Waals surface area contributed by atoms with Gasteiger partial charge in [-0.15, -0.1) is 11.3 Å². The summed E-state index contributed by atoms with van der Waals surface area (Å²) in [7, 11) is 0. The number of anilines is 1. The lowest BCUT2D eigenvalue weighted by molar-refractivity contribution is -0.142. The predicted molar refractivity (Wildman–Crippen MR) is 95.9 cm³/mol.